The van der Waals surface area contributed by atoms with Crippen LogP contribution in [0.25, 0.3) is 10.9 Å². The summed E-state index contributed by atoms with van der Waals surface area (Å²) in [5.41, 5.74) is 2.20. The first kappa shape index (κ1) is 21.9. The normalized spacial score (nSPS) is 10.5. The molecule has 1 amide bonds. The summed E-state index contributed by atoms with van der Waals surface area (Å²) in [6, 6.07) is 18.0. The highest BCUT2D eigenvalue weighted by Crippen LogP contribution is 2.35. The number of fused-ring (bicyclic) bond motifs is 1. The molecule has 8 heteroatoms. The first-order chi connectivity index (χ1) is 16.1. The molecule has 0 spiro atoms. The zero-order valence-electron chi connectivity index (χ0n) is 18.5. The van der Waals surface area contributed by atoms with Gasteiger partial charge < -0.3 is 24.3 Å². The zero-order chi connectivity index (χ0) is 23.2. The van der Waals surface area contributed by atoms with E-state index in [4.69, 9.17) is 18.9 Å². The van der Waals surface area contributed by atoms with Gasteiger partial charge in [-0.15, -0.1) is 0 Å². The van der Waals surface area contributed by atoms with Crippen LogP contribution in [-0.4, -0.2) is 37.2 Å². The predicted molar refractivity (Wildman–Crippen MR) is 124 cm³/mol. The zero-order valence-corrected chi connectivity index (χ0v) is 18.5. The Balaban J connectivity index is 1.46. The van der Waals surface area contributed by atoms with E-state index in [0.717, 1.165) is 11.3 Å². The number of hydrogen-bond acceptors (Lipinski definition) is 7. The number of ether oxygens (including phenoxy) is 4. The van der Waals surface area contributed by atoms with Gasteiger partial charge in [-0.25, -0.2) is 9.97 Å². The molecule has 168 valence electrons. The Morgan fingerprint density at radius 3 is 2.33 bits per heavy atom. The molecule has 0 aliphatic rings. The van der Waals surface area contributed by atoms with Crippen molar-refractivity contribution in [1.29, 1.82) is 0 Å². The fraction of sp³-hybridized carbons (Fsp3) is 0.160. The molecule has 0 unspecified atom stereocenters. The summed E-state index contributed by atoms with van der Waals surface area (Å²) in [5.74, 6) is 2.67. The standard InChI is InChI=1S/C25H23N3O5/c1-30-19-6-4-5-16(11-19)12-24(29)28-17-7-9-18(10-8-17)33-25-20-13-22(31-2)23(32-3)14-21(20)26-15-27-25/h4-11,13-15H,12H2,1-3H3,(H,28,29). The van der Waals surface area contributed by atoms with Crippen LogP contribution in [0.1, 0.15) is 5.56 Å². The summed E-state index contributed by atoms with van der Waals surface area (Å²) in [5, 5.41) is 3.57. The molecule has 0 aliphatic carbocycles. The maximum Gasteiger partial charge on any atom is 0.230 e. The highest BCUT2D eigenvalue weighted by Gasteiger charge is 2.13. The summed E-state index contributed by atoms with van der Waals surface area (Å²) >= 11 is 0. The van der Waals surface area contributed by atoms with Gasteiger partial charge in [-0.05, 0) is 48.0 Å². The van der Waals surface area contributed by atoms with E-state index in [9.17, 15) is 4.79 Å². The first-order valence-corrected chi connectivity index (χ1v) is 10.2. The van der Waals surface area contributed by atoms with Crippen molar-refractivity contribution >= 4 is 22.5 Å². The summed E-state index contributed by atoms with van der Waals surface area (Å²) < 4.78 is 21.9. The SMILES string of the molecule is COc1cccc(CC(=O)Nc2ccc(Oc3ncnc4cc(OC)c(OC)cc34)cc2)c1. The van der Waals surface area contributed by atoms with Crippen molar-refractivity contribution in [2.24, 2.45) is 0 Å². The molecule has 4 rings (SSSR count). The fourth-order valence-corrected chi connectivity index (χ4v) is 3.33. The first-order valence-electron chi connectivity index (χ1n) is 10.2. The Labute approximate surface area is 191 Å². The van der Waals surface area contributed by atoms with Gasteiger partial charge in [-0.2, -0.15) is 0 Å². The lowest BCUT2D eigenvalue weighted by Crippen LogP contribution is -2.14. The minimum Gasteiger partial charge on any atom is -0.497 e. The maximum atomic E-state index is 12.4. The van der Waals surface area contributed by atoms with Crippen LogP contribution >= 0.6 is 0 Å². The Bertz CT molecular complexity index is 1280. The number of rotatable bonds is 8. The fourth-order valence-electron chi connectivity index (χ4n) is 3.33. The molecule has 1 N–H and O–H groups in total. The average Bonchev–Trinajstić information content (AvgIpc) is 2.84. The third-order valence-electron chi connectivity index (χ3n) is 4.96. The monoisotopic (exact) mass is 445 g/mol. The third kappa shape index (κ3) is 5.12. The van der Waals surface area contributed by atoms with E-state index < -0.39 is 0 Å². The van der Waals surface area contributed by atoms with Crippen LogP contribution in [0.2, 0.25) is 0 Å². The van der Waals surface area contributed by atoms with Gasteiger partial charge in [0.15, 0.2) is 11.5 Å². The highest BCUT2D eigenvalue weighted by atomic mass is 16.5. The van der Waals surface area contributed by atoms with Crippen LogP contribution in [0.15, 0.2) is 67.0 Å². The molecule has 4 aromatic rings. The topological polar surface area (TPSA) is 91.8 Å². The van der Waals surface area contributed by atoms with Crippen LogP contribution in [0.3, 0.4) is 0 Å². The van der Waals surface area contributed by atoms with E-state index in [1.807, 2.05) is 24.3 Å². The number of amides is 1. The molecular formula is C25H23N3O5. The van der Waals surface area contributed by atoms with Crippen LogP contribution in [0, 0.1) is 0 Å². The lowest BCUT2D eigenvalue weighted by atomic mass is 10.1. The van der Waals surface area contributed by atoms with Crippen LogP contribution < -0.4 is 24.3 Å². The van der Waals surface area contributed by atoms with Crippen molar-refractivity contribution < 1.29 is 23.7 Å². The van der Waals surface area contributed by atoms with Gasteiger partial charge in [0.2, 0.25) is 11.8 Å². The van der Waals surface area contributed by atoms with Gasteiger partial charge in [0.1, 0.15) is 17.8 Å². The Hall–Kier alpha value is -4.33. The molecule has 33 heavy (non-hydrogen) atoms. The molecule has 0 aliphatic heterocycles. The molecule has 0 atom stereocenters. The number of benzene rings is 3. The van der Waals surface area contributed by atoms with Crippen LogP contribution in [0.4, 0.5) is 5.69 Å². The molecule has 1 heterocycles. The lowest BCUT2D eigenvalue weighted by molar-refractivity contribution is -0.115. The van der Waals surface area contributed by atoms with Crippen molar-refractivity contribution in [3.05, 3.63) is 72.6 Å². The van der Waals surface area contributed by atoms with Gasteiger partial charge in [0.05, 0.1) is 38.7 Å². The van der Waals surface area contributed by atoms with Crippen molar-refractivity contribution in [3.63, 3.8) is 0 Å². The molecular weight excluding hydrogens is 422 g/mol. The second kappa shape index (κ2) is 9.86. The van der Waals surface area contributed by atoms with Crippen LogP contribution in [0.5, 0.6) is 28.9 Å². The number of nitrogens with one attached hydrogen (secondary N) is 1. The molecule has 0 bridgehead atoms. The number of aromatic nitrogens is 2. The molecule has 0 fully saturated rings. The van der Waals surface area contributed by atoms with Gasteiger partial charge in [0.25, 0.3) is 0 Å². The Morgan fingerprint density at radius 2 is 1.61 bits per heavy atom. The summed E-state index contributed by atoms with van der Waals surface area (Å²) in [4.78, 5) is 20.9. The molecule has 0 saturated carbocycles. The number of nitrogens with zero attached hydrogens (tertiary/aromatic N) is 2. The smallest absolute Gasteiger partial charge is 0.230 e. The van der Waals surface area contributed by atoms with E-state index in [-0.39, 0.29) is 12.3 Å². The number of carbonyl (C=O) groups excluding carboxylic acids is 1. The second-order valence-corrected chi connectivity index (χ2v) is 7.11. The van der Waals surface area contributed by atoms with Gasteiger partial charge >= 0.3 is 0 Å². The molecule has 3 aromatic carbocycles. The van der Waals surface area contributed by atoms with E-state index >= 15 is 0 Å². The lowest BCUT2D eigenvalue weighted by Gasteiger charge is -2.12. The van der Waals surface area contributed by atoms with E-state index in [1.54, 1.807) is 57.7 Å². The maximum absolute atomic E-state index is 12.4. The highest BCUT2D eigenvalue weighted by molar-refractivity contribution is 5.92. The number of hydrogen-bond donors (Lipinski definition) is 1. The van der Waals surface area contributed by atoms with Crippen molar-refractivity contribution in [1.82, 2.24) is 9.97 Å². The van der Waals surface area contributed by atoms with E-state index in [1.165, 1.54) is 6.33 Å². The summed E-state index contributed by atoms with van der Waals surface area (Å²) in [7, 11) is 4.73. The molecule has 0 saturated heterocycles. The van der Waals surface area contributed by atoms with Gasteiger partial charge in [-0.3, -0.25) is 4.79 Å². The molecule has 0 radical (unpaired) electrons. The third-order valence-corrected chi connectivity index (χ3v) is 4.96. The summed E-state index contributed by atoms with van der Waals surface area (Å²) in [6.45, 7) is 0. The van der Waals surface area contributed by atoms with Crippen molar-refractivity contribution in [3.8, 4) is 28.9 Å². The van der Waals surface area contributed by atoms with Crippen LogP contribution in [-0.2, 0) is 11.2 Å². The predicted octanol–water partition coefficient (Wildman–Crippen LogP) is 4.63. The number of carbonyl (C=O) groups is 1. The van der Waals surface area contributed by atoms with Crippen molar-refractivity contribution in [2.75, 3.05) is 26.6 Å². The van der Waals surface area contributed by atoms with Gasteiger partial charge in [-0.1, -0.05) is 12.1 Å². The second-order valence-electron chi connectivity index (χ2n) is 7.11. The number of methoxy groups -OCH3 is 3. The quantitative estimate of drug-likeness (QED) is 0.423. The summed E-state index contributed by atoms with van der Waals surface area (Å²) in [6.07, 6.45) is 1.67. The number of anilines is 1. The average molecular weight is 445 g/mol. The minimum absolute atomic E-state index is 0.125. The Morgan fingerprint density at radius 1 is 0.848 bits per heavy atom. The van der Waals surface area contributed by atoms with Gasteiger partial charge in [0, 0.05) is 11.8 Å². The molecule has 1 aromatic heterocycles. The minimum atomic E-state index is -0.125. The van der Waals surface area contributed by atoms with E-state index in [0.29, 0.717) is 39.7 Å². The largest absolute Gasteiger partial charge is 0.497 e. The Kier molecular flexibility index (Phi) is 6.54. The van der Waals surface area contributed by atoms with E-state index in [2.05, 4.69) is 15.3 Å². The van der Waals surface area contributed by atoms with Crippen molar-refractivity contribution in [2.45, 2.75) is 6.42 Å². The molecule has 8 nitrogen and oxygen atoms in total.